The second-order valence-electron chi connectivity index (χ2n) is 14.1. The molecule has 3 atom stereocenters. The largest absolute Gasteiger partial charge is 0.354 e. The summed E-state index contributed by atoms with van der Waals surface area (Å²) in [5, 5.41) is 12.3. The Morgan fingerprint density at radius 3 is 2.17 bits per heavy atom. The Balaban J connectivity index is 1.44. The fourth-order valence-electron chi connectivity index (χ4n) is 5.84. The van der Waals surface area contributed by atoms with Crippen LogP contribution in [0.1, 0.15) is 75.8 Å². The highest BCUT2D eigenvalue weighted by Gasteiger charge is 2.26. The van der Waals surface area contributed by atoms with Crippen LogP contribution in [0.5, 0.6) is 0 Å². The van der Waals surface area contributed by atoms with Crippen LogP contribution in [0, 0.1) is 12.8 Å². The second kappa shape index (κ2) is 17.7. The molecule has 3 aromatic carbocycles. The molecule has 1 saturated carbocycles. The van der Waals surface area contributed by atoms with Crippen LogP contribution in [0.15, 0.2) is 91.1 Å². The molecule has 5 rings (SSSR count). The first kappa shape index (κ1) is 39.2. The molecule has 1 aliphatic rings. The van der Waals surface area contributed by atoms with Crippen LogP contribution in [-0.2, 0) is 27.8 Å². The number of hydrogen-bond donors (Lipinski definition) is 4. The Labute approximate surface area is 313 Å². The van der Waals surface area contributed by atoms with E-state index >= 15 is 0 Å². The van der Waals surface area contributed by atoms with Gasteiger partial charge in [-0.05, 0) is 81.0 Å². The Hall–Kier alpha value is -5.01. The Bertz CT molecular complexity index is 1990. The number of hydrogen-bond acceptors (Lipinski definition) is 7. The minimum Gasteiger partial charge on any atom is -0.354 e. The number of amides is 3. The maximum Gasteiger partial charge on any atom is 0.251 e. The average Bonchev–Trinajstić information content (AvgIpc) is 3.97. The summed E-state index contributed by atoms with van der Waals surface area (Å²) in [5.41, 5.74) is 4.91. The van der Waals surface area contributed by atoms with E-state index in [-0.39, 0.29) is 41.9 Å². The van der Waals surface area contributed by atoms with Gasteiger partial charge in [-0.25, -0.2) is 8.42 Å². The predicted molar refractivity (Wildman–Crippen MR) is 212 cm³/mol. The number of anilines is 1. The number of benzene rings is 3. The summed E-state index contributed by atoms with van der Waals surface area (Å²) in [4.78, 5) is 45.1. The number of nitrogens with one attached hydrogen (secondary N) is 4. The lowest BCUT2D eigenvalue weighted by Gasteiger charge is -2.25. The third-order valence-electron chi connectivity index (χ3n) is 9.34. The van der Waals surface area contributed by atoms with Gasteiger partial charge in [0.05, 0.1) is 30.6 Å². The van der Waals surface area contributed by atoms with E-state index in [2.05, 4.69) is 26.3 Å². The van der Waals surface area contributed by atoms with Crippen LogP contribution in [0.25, 0.3) is 0 Å². The van der Waals surface area contributed by atoms with Crippen molar-refractivity contribution in [1.82, 2.24) is 26.3 Å². The highest BCUT2D eigenvalue weighted by molar-refractivity contribution is 7.92. The first-order valence-electron chi connectivity index (χ1n) is 18.0. The molecule has 11 nitrogen and oxygen atoms in total. The fraction of sp³-hybridized carbons (Fsp3) is 0.350. The van der Waals surface area contributed by atoms with Crippen molar-refractivity contribution < 1.29 is 22.8 Å². The molecule has 278 valence electrons. The van der Waals surface area contributed by atoms with Gasteiger partial charge in [0.2, 0.25) is 15.9 Å². The van der Waals surface area contributed by atoms with Crippen LogP contribution in [0.2, 0.25) is 0 Å². The summed E-state index contributed by atoms with van der Waals surface area (Å²) in [6.45, 7) is 6.54. The molecule has 1 aromatic heterocycles. The van der Waals surface area contributed by atoms with Crippen molar-refractivity contribution >= 4 is 46.7 Å². The number of carbonyl (C=O) groups is 3. The predicted octanol–water partition coefficient (Wildman–Crippen LogP) is 2.95. The van der Waals surface area contributed by atoms with Crippen molar-refractivity contribution in [2.75, 3.05) is 23.7 Å². The van der Waals surface area contributed by atoms with Crippen molar-refractivity contribution in [2.24, 2.45) is 5.92 Å². The summed E-state index contributed by atoms with van der Waals surface area (Å²) >= 11 is 0. The second-order valence-corrected chi connectivity index (χ2v) is 16.1. The van der Waals surface area contributed by atoms with E-state index in [1.807, 2.05) is 88.4 Å². The highest BCUT2D eigenvalue weighted by Crippen LogP contribution is 2.28. The van der Waals surface area contributed by atoms with Crippen LogP contribution >= 0.6 is 0 Å². The number of nitrogens with zero attached hydrogens (tertiary/aromatic N) is 2. The summed E-state index contributed by atoms with van der Waals surface area (Å²) < 4.78 is 27.8. The van der Waals surface area contributed by atoms with E-state index < -0.39 is 33.9 Å². The molecule has 0 aliphatic heterocycles. The molecule has 4 N–H and O–H groups in total. The van der Waals surface area contributed by atoms with Crippen LogP contribution in [-0.4, -0.2) is 70.4 Å². The quantitative estimate of drug-likeness (QED) is 0.122. The van der Waals surface area contributed by atoms with E-state index in [0.717, 1.165) is 46.9 Å². The zero-order valence-corrected chi connectivity index (χ0v) is 31.9. The van der Waals surface area contributed by atoms with Gasteiger partial charge >= 0.3 is 0 Å². The van der Waals surface area contributed by atoms with Crippen LogP contribution < -0.4 is 31.0 Å². The van der Waals surface area contributed by atoms with Crippen molar-refractivity contribution in [3.05, 3.63) is 125 Å². The summed E-state index contributed by atoms with van der Waals surface area (Å²) in [7, 11) is -1.92. The zero-order chi connectivity index (χ0) is 38.1. The van der Waals surface area contributed by atoms with Gasteiger partial charge in [-0.3, -0.25) is 23.7 Å². The molecule has 1 fully saturated rings. The Morgan fingerprint density at radius 1 is 0.906 bits per heavy atom. The third kappa shape index (κ3) is 11.7. The van der Waals surface area contributed by atoms with Gasteiger partial charge in [-0.15, -0.1) is 0 Å². The Morgan fingerprint density at radius 2 is 1.57 bits per heavy atom. The minimum absolute atomic E-state index is 0.00205. The summed E-state index contributed by atoms with van der Waals surface area (Å²) in [6, 6.07) is 23.9. The molecule has 3 amide bonds. The number of aryl methyl sites for hydroxylation is 1. The highest BCUT2D eigenvalue weighted by atomic mass is 32.2. The van der Waals surface area contributed by atoms with Gasteiger partial charge in [0.25, 0.3) is 11.8 Å². The van der Waals surface area contributed by atoms with E-state index in [9.17, 15) is 22.8 Å². The topological polar surface area (TPSA) is 150 Å². The molecule has 0 unspecified atom stereocenters. The van der Waals surface area contributed by atoms with Crippen molar-refractivity contribution in [2.45, 2.75) is 64.7 Å². The number of sulfonamides is 1. The molecular weight excluding hydrogens is 687 g/mol. The monoisotopic (exact) mass is 736 g/mol. The van der Waals surface area contributed by atoms with Crippen molar-refractivity contribution in [3.8, 4) is 0 Å². The third-order valence-corrected chi connectivity index (χ3v) is 10.5. The van der Waals surface area contributed by atoms with E-state index in [1.165, 1.54) is 22.5 Å². The molecular formula is C40H49BN6O5S. The lowest BCUT2D eigenvalue weighted by atomic mass is 9.95. The van der Waals surface area contributed by atoms with Crippen LogP contribution in [0.4, 0.5) is 5.69 Å². The van der Waals surface area contributed by atoms with Gasteiger partial charge in [0, 0.05) is 48.6 Å². The molecule has 53 heavy (non-hydrogen) atoms. The van der Waals surface area contributed by atoms with E-state index in [1.54, 1.807) is 13.1 Å². The fourth-order valence-corrected chi connectivity index (χ4v) is 6.71. The van der Waals surface area contributed by atoms with Gasteiger partial charge in [0.15, 0.2) is 0 Å². The average molecular weight is 737 g/mol. The van der Waals surface area contributed by atoms with Crippen molar-refractivity contribution in [3.63, 3.8) is 0 Å². The zero-order valence-electron chi connectivity index (χ0n) is 31.1. The van der Waals surface area contributed by atoms with Gasteiger partial charge in [-0.1, -0.05) is 65.6 Å². The standard InChI is InChI=1S/C40H49BN6O5S/c1-26-8-14-31(15-9-26)27(2)45-39(49)32-19-33(21-37(20-32)47(53(4,51)52)25-30-12-16-34(41)17-13-30)40(50)46-36(22-35-7-5-6-18-42-35)24-43-28(3)38(48)44-23-29-10-11-29/h5-9,12-21,27-29,36,43H,10-11,22-25,41H2,1-4H3,(H,44,48)(H,45,49)(H,46,50)/t27-,28+,36+/m1/s1. The maximum absolute atomic E-state index is 14.1. The summed E-state index contributed by atoms with van der Waals surface area (Å²) in [6.07, 6.45) is 5.40. The molecule has 0 saturated heterocycles. The number of aromatic nitrogens is 1. The first-order valence-corrected chi connectivity index (χ1v) is 19.9. The molecule has 0 radical (unpaired) electrons. The van der Waals surface area contributed by atoms with Gasteiger partial charge in [-0.2, -0.15) is 0 Å². The molecule has 0 bridgehead atoms. The van der Waals surface area contributed by atoms with E-state index in [0.29, 0.717) is 18.9 Å². The van der Waals surface area contributed by atoms with Gasteiger partial charge < -0.3 is 21.3 Å². The minimum atomic E-state index is -3.86. The number of pyridine rings is 1. The van der Waals surface area contributed by atoms with E-state index in [4.69, 9.17) is 0 Å². The number of carbonyl (C=O) groups excluding carboxylic acids is 3. The molecule has 4 aromatic rings. The SMILES string of the molecule is Bc1ccc(CN(c2cc(C(=O)N[C@H](CN[C@@H](C)C(=O)NCC3CC3)Cc3ccccn3)cc(C(=O)N[C@H](C)c3ccc(C)cc3)c2)S(C)(=O)=O)cc1. The molecule has 1 heterocycles. The maximum atomic E-state index is 14.1. The van der Waals surface area contributed by atoms with Crippen molar-refractivity contribution in [1.29, 1.82) is 0 Å². The Kier molecular flexibility index (Phi) is 13.1. The van der Waals surface area contributed by atoms with Crippen LogP contribution in [0.3, 0.4) is 0 Å². The first-order chi connectivity index (χ1) is 25.2. The smallest absolute Gasteiger partial charge is 0.251 e. The molecule has 1 aliphatic carbocycles. The normalized spacial score (nSPS) is 14.4. The number of rotatable bonds is 17. The lowest BCUT2D eigenvalue weighted by Crippen LogP contribution is -2.49. The summed E-state index contributed by atoms with van der Waals surface area (Å²) in [5.74, 6) is -0.538. The lowest BCUT2D eigenvalue weighted by molar-refractivity contribution is -0.122. The molecule has 0 spiro atoms. The molecule has 13 heteroatoms. The van der Waals surface area contributed by atoms with Gasteiger partial charge in [0.1, 0.15) is 7.85 Å².